The molecule has 2 aromatic carbocycles. The second-order valence-corrected chi connectivity index (χ2v) is 6.59. The molecule has 0 bridgehead atoms. The van der Waals surface area contributed by atoms with Gasteiger partial charge in [-0.25, -0.2) is 0 Å². The zero-order valence-corrected chi connectivity index (χ0v) is 15.1. The van der Waals surface area contributed by atoms with Crippen LogP contribution in [-0.2, 0) is 6.42 Å². The van der Waals surface area contributed by atoms with Crippen molar-refractivity contribution < 1.29 is 4.74 Å². The smallest absolute Gasteiger partial charge is 0.118 e. The maximum Gasteiger partial charge on any atom is 0.118 e. The molecule has 0 spiro atoms. The number of fused-ring (bicyclic) bond motifs is 3. The van der Waals surface area contributed by atoms with Crippen LogP contribution in [0.3, 0.4) is 0 Å². The van der Waals surface area contributed by atoms with Gasteiger partial charge in [0, 0.05) is 27.7 Å². The third-order valence-corrected chi connectivity index (χ3v) is 4.65. The van der Waals surface area contributed by atoms with Crippen molar-refractivity contribution in [3.8, 4) is 5.75 Å². The van der Waals surface area contributed by atoms with Crippen molar-refractivity contribution in [3.05, 3.63) is 64.3 Å². The number of hydrogen-bond acceptors (Lipinski definition) is 2. The first-order valence-electron chi connectivity index (χ1n) is 8.22. The predicted octanol–water partition coefficient (Wildman–Crippen LogP) is 5.03. The van der Waals surface area contributed by atoms with Crippen LogP contribution < -0.4 is 10.1 Å². The molecule has 0 saturated heterocycles. The Morgan fingerprint density at radius 2 is 1.88 bits per heavy atom. The number of methoxy groups -OCH3 is 1. The number of ether oxygens (including phenoxy) is 1. The molecule has 126 valence electrons. The molecule has 1 aromatic heterocycles. The van der Waals surface area contributed by atoms with Crippen molar-refractivity contribution in [2.24, 2.45) is 0 Å². The maximum atomic E-state index is 6.02. The van der Waals surface area contributed by atoms with E-state index in [4.69, 9.17) is 16.3 Å². The fraction of sp³-hybridized carbons (Fsp3) is 0.300. The fourth-order valence-electron chi connectivity index (χ4n) is 3.07. The highest BCUT2D eigenvalue weighted by Crippen LogP contribution is 2.31. The van der Waals surface area contributed by atoms with E-state index in [9.17, 15) is 0 Å². The van der Waals surface area contributed by atoms with E-state index in [1.54, 1.807) is 7.11 Å². The topological polar surface area (TPSA) is 37.0 Å². The first-order valence-corrected chi connectivity index (χ1v) is 8.60. The molecule has 0 radical (unpaired) electrons. The third-order valence-electron chi connectivity index (χ3n) is 4.42. The molecule has 0 fully saturated rings. The highest BCUT2D eigenvalue weighted by atomic mass is 35.5. The molecule has 4 heteroatoms. The third kappa shape index (κ3) is 3.58. The Morgan fingerprint density at radius 3 is 2.58 bits per heavy atom. The molecule has 1 unspecified atom stereocenters. The molecule has 3 aromatic rings. The SMILES string of the molecule is CC1NCCc2c1[nH]c1ccc(Cl)cc21.COc1ccc(C)cc1. The van der Waals surface area contributed by atoms with E-state index in [-0.39, 0.29) is 0 Å². The van der Waals surface area contributed by atoms with Crippen LogP contribution in [0.2, 0.25) is 5.02 Å². The van der Waals surface area contributed by atoms with Crippen LogP contribution in [0.25, 0.3) is 10.9 Å². The molecule has 1 aliphatic heterocycles. The highest BCUT2D eigenvalue weighted by Gasteiger charge is 2.20. The second-order valence-electron chi connectivity index (χ2n) is 6.15. The average Bonchev–Trinajstić information content (AvgIpc) is 2.96. The molecule has 1 aliphatic rings. The first-order chi connectivity index (χ1) is 11.6. The van der Waals surface area contributed by atoms with Gasteiger partial charge in [0.1, 0.15) is 5.75 Å². The maximum absolute atomic E-state index is 6.02. The summed E-state index contributed by atoms with van der Waals surface area (Å²) in [5.41, 5.74) is 5.20. The normalized spacial score (nSPS) is 16.2. The van der Waals surface area contributed by atoms with Crippen LogP contribution in [0.1, 0.15) is 29.8 Å². The van der Waals surface area contributed by atoms with E-state index in [0.29, 0.717) is 6.04 Å². The number of aromatic nitrogens is 1. The Morgan fingerprint density at radius 1 is 1.12 bits per heavy atom. The Kier molecular flexibility index (Phi) is 5.12. The Bertz CT molecular complexity index is 824. The molecule has 0 aliphatic carbocycles. The van der Waals surface area contributed by atoms with Gasteiger partial charge in [0.05, 0.1) is 7.11 Å². The molecule has 24 heavy (non-hydrogen) atoms. The molecule has 0 amide bonds. The van der Waals surface area contributed by atoms with Crippen LogP contribution in [0.4, 0.5) is 0 Å². The van der Waals surface area contributed by atoms with Crippen molar-refractivity contribution in [3.63, 3.8) is 0 Å². The van der Waals surface area contributed by atoms with Gasteiger partial charge in [-0.2, -0.15) is 0 Å². The van der Waals surface area contributed by atoms with Gasteiger partial charge >= 0.3 is 0 Å². The Balaban J connectivity index is 0.000000162. The fourth-order valence-corrected chi connectivity index (χ4v) is 3.24. The lowest BCUT2D eigenvalue weighted by Gasteiger charge is -2.20. The van der Waals surface area contributed by atoms with Crippen molar-refractivity contribution in [1.29, 1.82) is 0 Å². The van der Waals surface area contributed by atoms with Crippen molar-refractivity contribution in [2.45, 2.75) is 26.3 Å². The number of aryl methyl sites for hydroxylation is 1. The largest absolute Gasteiger partial charge is 0.497 e. The lowest BCUT2D eigenvalue weighted by Crippen LogP contribution is -2.27. The quantitative estimate of drug-likeness (QED) is 0.650. The summed E-state index contributed by atoms with van der Waals surface area (Å²) in [6.07, 6.45) is 1.08. The van der Waals surface area contributed by atoms with Crippen molar-refractivity contribution in [2.75, 3.05) is 13.7 Å². The van der Waals surface area contributed by atoms with E-state index in [2.05, 4.69) is 36.3 Å². The molecular weight excluding hydrogens is 320 g/mol. The highest BCUT2D eigenvalue weighted by molar-refractivity contribution is 6.31. The number of hydrogen-bond donors (Lipinski definition) is 2. The van der Waals surface area contributed by atoms with Gasteiger partial charge in [0.25, 0.3) is 0 Å². The number of halogens is 1. The summed E-state index contributed by atoms with van der Waals surface area (Å²) in [6, 6.07) is 14.4. The van der Waals surface area contributed by atoms with Gasteiger partial charge < -0.3 is 15.0 Å². The minimum absolute atomic E-state index is 0.417. The molecule has 2 heterocycles. The molecule has 2 N–H and O–H groups in total. The van der Waals surface area contributed by atoms with Crippen LogP contribution in [0.15, 0.2) is 42.5 Å². The van der Waals surface area contributed by atoms with Gasteiger partial charge in [-0.3, -0.25) is 0 Å². The zero-order valence-electron chi connectivity index (χ0n) is 14.3. The van der Waals surface area contributed by atoms with E-state index in [0.717, 1.165) is 23.7 Å². The van der Waals surface area contributed by atoms with E-state index in [1.165, 1.54) is 27.7 Å². The standard InChI is InChI=1S/C12H13ClN2.C8H10O/c1-7-12-9(4-5-14-7)10-6-8(13)2-3-11(10)15-12;1-7-3-5-8(9-2)6-4-7/h2-3,6-7,14-15H,4-5H2,1H3;3-6H,1-2H3. The van der Waals surface area contributed by atoms with E-state index < -0.39 is 0 Å². The summed E-state index contributed by atoms with van der Waals surface area (Å²) < 4.78 is 4.97. The predicted molar refractivity (Wildman–Crippen MR) is 101 cm³/mol. The van der Waals surface area contributed by atoms with Crippen molar-refractivity contribution in [1.82, 2.24) is 10.3 Å². The number of aromatic amines is 1. The summed E-state index contributed by atoms with van der Waals surface area (Å²) in [7, 11) is 1.67. The van der Waals surface area contributed by atoms with Crippen LogP contribution in [0, 0.1) is 6.92 Å². The summed E-state index contributed by atoms with van der Waals surface area (Å²) in [4.78, 5) is 3.47. The van der Waals surface area contributed by atoms with Gasteiger partial charge in [0.15, 0.2) is 0 Å². The van der Waals surface area contributed by atoms with Gasteiger partial charge in [0.2, 0.25) is 0 Å². The molecule has 0 saturated carbocycles. The van der Waals surface area contributed by atoms with Crippen molar-refractivity contribution >= 4 is 22.5 Å². The minimum atomic E-state index is 0.417. The first kappa shape index (κ1) is 16.9. The summed E-state index contributed by atoms with van der Waals surface area (Å²) in [5, 5.41) is 5.55. The minimum Gasteiger partial charge on any atom is -0.497 e. The van der Waals surface area contributed by atoms with Gasteiger partial charge in [-0.05, 0) is 62.7 Å². The van der Waals surface area contributed by atoms with E-state index in [1.807, 2.05) is 30.3 Å². The second kappa shape index (κ2) is 7.29. The Hall–Kier alpha value is -1.97. The number of H-pyrrole nitrogens is 1. The number of nitrogens with one attached hydrogen (secondary N) is 2. The number of rotatable bonds is 1. The van der Waals surface area contributed by atoms with Crippen LogP contribution >= 0.6 is 11.6 Å². The summed E-state index contributed by atoms with van der Waals surface area (Å²) in [5.74, 6) is 0.917. The van der Waals surface area contributed by atoms with Gasteiger partial charge in [-0.1, -0.05) is 29.3 Å². The van der Waals surface area contributed by atoms with Crippen LogP contribution in [-0.4, -0.2) is 18.6 Å². The molecule has 4 rings (SSSR count). The lowest BCUT2D eigenvalue weighted by molar-refractivity contribution is 0.414. The Labute approximate surface area is 148 Å². The average molecular weight is 343 g/mol. The summed E-state index contributed by atoms with van der Waals surface area (Å²) >= 11 is 6.02. The molecule has 3 nitrogen and oxygen atoms in total. The van der Waals surface area contributed by atoms with E-state index >= 15 is 0 Å². The summed E-state index contributed by atoms with van der Waals surface area (Å²) in [6.45, 7) is 5.29. The monoisotopic (exact) mass is 342 g/mol. The molecular formula is C20H23ClN2O. The number of benzene rings is 2. The van der Waals surface area contributed by atoms with Gasteiger partial charge in [-0.15, -0.1) is 0 Å². The molecule has 1 atom stereocenters. The van der Waals surface area contributed by atoms with Crippen LogP contribution in [0.5, 0.6) is 5.75 Å². The zero-order chi connectivity index (χ0) is 17.1. The lowest BCUT2D eigenvalue weighted by atomic mass is 10.0.